The van der Waals surface area contributed by atoms with Gasteiger partial charge in [0.1, 0.15) is 6.79 Å². The van der Waals surface area contributed by atoms with Gasteiger partial charge < -0.3 is 24.1 Å². The van der Waals surface area contributed by atoms with E-state index in [-0.39, 0.29) is 40.7 Å². The second-order valence-corrected chi connectivity index (χ2v) is 16.0. The molecule has 3 fully saturated rings. The number of rotatable bonds is 10. The van der Waals surface area contributed by atoms with Gasteiger partial charge >= 0.3 is 0 Å². The van der Waals surface area contributed by atoms with Crippen LogP contribution in [0.3, 0.4) is 0 Å². The average molecular weight is 617 g/mol. The number of allylic oxidation sites excluding steroid dienone is 1. The molecule has 2 aromatic carbocycles. The van der Waals surface area contributed by atoms with E-state index in [9.17, 15) is 5.11 Å². The van der Waals surface area contributed by atoms with Crippen molar-refractivity contribution in [3.63, 3.8) is 0 Å². The highest BCUT2D eigenvalue weighted by atomic mass is 16.7. The van der Waals surface area contributed by atoms with Crippen LogP contribution in [0.5, 0.6) is 0 Å². The summed E-state index contributed by atoms with van der Waals surface area (Å²) in [5.41, 5.74) is 3.01. The van der Waals surface area contributed by atoms with E-state index >= 15 is 0 Å². The molecule has 45 heavy (non-hydrogen) atoms. The van der Waals surface area contributed by atoms with Crippen molar-refractivity contribution in [3.05, 3.63) is 83.4 Å². The molecule has 6 rings (SSSR count). The minimum absolute atomic E-state index is 0.0435. The van der Waals surface area contributed by atoms with Crippen molar-refractivity contribution >= 4 is 0 Å². The van der Waals surface area contributed by atoms with E-state index in [2.05, 4.69) is 102 Å². The van der Waals surface area contributed by atoms with Gasteiger partial charge in [0.25, 0.3) is 0 Å². The summed E-state index contributed by atoms with van der Waals surface area (Å²) >= 11 is 0. The Hall–Kier alpha value is -2.02. The van der Waals surface area contributed by atoms with Gasteiger partial charge in [0, 0.05) is 17.9 Å². The lowest BCUT2D eigenvalue weighted by molar-refractivity contribution is -0.230. The lowest BCUT2D eigenvalue weighted by Gasteiger charge is -2.71. The molecule has 0 bridgehead atoms. The fraction of sp³-hybridized carbons (Fsp3) is 0.650. The molecule has 0 aromatic heterocycles. The summed E-state index contributed by atoms with van der Waals surface area (Å²) < 4.78 is 25.1. The zero-order chi connectivity index (χ0) is 32.1. The Morgan fingerprint density at radius 1 is 0.822 bits per heavy atom. The molecule has 5 nitrogen and oxygen atoms in total. The summed E-state index contributed by atoms with van der Waals surface area (Å²) in [5.74, 6) is 0.889. The van der Waals surface area contributed by atoms with E-state index in [0.29, 0.717) is 31.7 Å². The highest BCUT2D eigenvalue weighted by molar-refractivity contribution is 5.36. The van der Waals surface area contributed by atoms with Gasteiger partial charge in [0.05, 0.1) is 38.1 Å². The summed E-state index contributed by atoms with van der Waals surface area (Å²) in [4.78, 5) is 0. The Morgan fingerprint density at radius 3 is 2.11 bits per heavy atom. The van der Waals surface area contributed by atoms with Crippen LogP contribution in [-0.2, 0) is 32.2 Å². The minimum Gasteiger partial charge on any atom is -0.389 e. The Morgan fingerprint density at radius 2 is 1.47 bits per heavy atom. The largest absolute Gasteiger partial charge is 0.389 e. The molecule has 4 aliphatic rings. The SMILES string of the molecule is COCOC1C[C@]2(COCc3ccccc3)[C@@](C)(C(C)=C[C@H]3[C@]4(C)CC[C@@H](OCc5ccccc5)C(C)(C)[C@H]4CC[C@@]32C)C1O. The average Bonchev–Trinajstić information content (AvgIpc) is 3.26. The van der Waals surface area contributed by atoms with Crippen LogP contribution in [0.25, 0.3) is 0 Å². The van der Waals surface area contributed by atoms with E-state index in [1.807, 2.05) is 6.07 Å². The van der Waals surface area contributed by atoms with Crippen LogP contribution in [0.1, 0.15) is 84.8 Å². The lowest BCUT2D eigenvalue weighted by Crippen LogP contribution is -2.67. The van der Waals surface area contributed by atoms with Gasteiger partial charge in [0.15, 0.2) is 0 Å². The fourth-order valence-electron chi connectivity index (χ4n) is 11.2. The number of hydrogen-bond acceptors (Lipinski definition) is 5. The molecular formula is C40H56O5. The zero-order valence-electron chi connectivity index (χ0n) is 28.7. The maximum Gasteiger partial charge on any atom is 0.146 e. The van der Waals surface area contributed by atoms with E-state index in [1.54, 1.807) is 7.11 Å². The van der Waals surface area contributed by atoms with Gasteiger partial charge in [-0.15, -0.1) is 0 Å². The third-order valence-electron chi connectivity index (χ3n) is 13.8. The van der Waals surface area contributed by atoms with Gasteiger partial charge in [-0.1, -0.05) is 107 Å². The highest BCUT2D eigenvalue weighted by Crippen LogP contribution is 2.77. The minimum atomic E-state index is -0.633. The van der Waals surface area contributed by atoms with Crippen LogP contribution < -0.4 is 0 Å². The Labute approximate surface area is 271 Å². The van der Waals surface area contributed by atoms with Gasteiger partial charge in [-0.05, 0) is 78.2 Å². The molecule has 0 spiro atoms. The maximum absolute atomic E-state index is 12.1. The molecule has 0 heterocycles. The van der Waals surface area contributed by atoms with Crippen molar-refractivity contribution in [2.75, 3.05) is 20.5 Å². The molecule has 2 unspecified atom stereocenters. The summed E-state index contributed by atoms with van der Waals surface area (Å²) in [6.45, 7) is 16.6. The molecular weight excluding hydrogens is 560 g/mol. The van der Waals surface area contributed by atoms with E-state index in [1.165, 1.54) is 16.7 Å². The van der Waals surface area contributed by atoms with Crippen LogP contribution >= 0.6 is 0 Å². The number of ether oxygens (including phenoxy) is 4. The molecule has 5 heteroatoms. The van der Waals surface area contributed by atoms with Crippen LogP contribution in [0.15, 0.2) is 72.3 Å². The Kier molecular flexibility index (Phi) is 8.93. The summed E-state index contributed by atoms with van der Waals surface area (Å²) in [6, 6.07) is 21.1. The first-order valence-corrected chi connectivity index (χ1v) is 17.2. The Bertz CT molecular complexity index is 1340. The van der Waals surface area contributed by atoms with Gasteiger partial charge in [-0.25, -0.2) is 0 Å². The van der Waals surface area contributed by atoms with E-state index < -0.39 is 11.5 Å². The topological polar surface area (TPSA) is 57.2 Å². The fourth-order valence-corrected chi connectivity index (χ4v) is 11.2. The Balaban J connectivity index is 1.34. The predicted octanol–water partition coefficient (Wildman–Crippen LogP) is 8.35. The smallest absolute Gasteiger partial charge is 0.146 e. The third-order valence-corrected chi connectivity index (χ3v) is 13.8. The summed E-state index contributed by atoms with van der Waals surface area (Å²) in [5, 5.41) is 12.1. The summed E-state index contributed by atoms with van der Waals surface area (Å²) in [6.07, 6.45) is 7.05. The predicted molar refractivity (Wildman–Crippen MR) is 178 cm³/mol. The van der Waals surface area contributed by atoms with Crippen LogP contribution in [-0.4, -0.2) is 43.9 Å². The van der Waals surface area contributed by atoms with Crippen LogP contribution in [0.4, 0.5) is 0 Å². The van der Waals surface area contributed by atoms with E-state index in [4.69, 9.17) is 18.9 Å². The summed E-state index contributed by atoms with van der Waals surface area (Å²) in [7, 11) is 1.65. The first-order chi connectivity index (χ1) is 21.4. The van der Waals surface area contributed by atoms with Crippen molar-refractivity contribution in [1.82, 2.24) is 0 Å². The van der Waals surface area contributed by atoms with Crippen LogP contribution in [0.2, 0.25) is 0 Å². The molecule has 0 aliphatic heterocycles. The quantitative estimate of drug-likeness (QED) is 0.215. The monoisotopic (exact) mass is 616 g/mol. The van der Waals surface area contributed by atoms with Crippen molar-refractivity contribution < 1.29 is 24.1 Å². The van der Waals surface area contributed by atoms with Gasteiger partial charge in [0.2, 0.25) is 0 Å². The maximum atomic E-state index is 12.1. The standard InChI is InChI=1S/C40H56O5/c1-28-22-33-37(4)20-19-34(44-25-30-16-12-9-13-17-30)36(2,3)32(37)18-21-38(33,5)40(26-43-24-29-14-10-8-11-15-29)23-31(45-27-42-7)35(41)39(28,40)6/h8-17,22,31-35,41H,18-21,23-27H2,1-7H3/t31?,32-,33+,34-,35?,37-,38+,39+,40-/m1/s1. The second kappa shape index (κ2) is 12.2. The van der Waals surface area contributed by atoms with Gasteiger partial charge in [-0.3, -0.25) is 0 Å². The number of aliphatic hydroxyl groups excluding tert-OH is 1. The van der Waals surface area contributed by atoms with Crippen molar-refractivity contribution in [2.24, 2.45) is 38.9 Å². The third kappa shape index (κ3) is 5.08. The molecule has 1 N–H and O–H groups in total. The highest BCUT2D eigenvalue weighted by Gasteiger charge is 2.75. The van der Waals surface area contributed by atoms with E-state index in [0.717, 1.165) is 32.1 Å². The number of hydrogen-bond donors (Lipinski definition) is 1. The van der Waals surface area contributed by atoms with Gasteiger partial charge in [-0.2, -0.15) is 0 Å². The number of benzene rings is 2. The van der Waals surface area contributed by atoms with Crippen molar-refractivity contribution in [1.29, 1.82) is 0 Å². The van der Waals surface area contributed by atoms with Crippen molar-refractivity contribution in [3.8, 4) is 0 Å². The number of aliphatic hydroxyl groups is 1. The number of fused-ring (bicyclic) bond motifs is 5. The first-order valence-electron chi connectivity index (χ1n) is 17.2. The molecule has 246 valence electrons. The first kappa shape index (κ1) is 32.9. The molecule has 0 radical (unpaired) electrons. The van der Waals surface area contributed by atoms with Crippen LogP contribution in [0, 0.1) is 38.9 Å². The molecule has 2 aromatic rings. The lowest BCUT2D eigenvalue weighted by atomic mass is 9.34. The second-order valence-electron chi connectivity index (χ2n) is 16.0. The molecule has 3 saturated carbocycles. The molecule has 9 atom stereocenters. The molecule has 0 saturated heterocycles. The van der Waals surface area contributed by atoms with Crippen molar-refractivity contribution in [2.45, 2.75) is 105 Å². The number of methoxy groups -OCH3 is 1. The molecule has 4 aliphatic carbocycles. The normalized spacial score (nSPS) is 40.3. The molecule has 0 amide bonds. The zero-order valence-corrected chi connectivity index (χ0v) is 28.7.